The van der Waals surface area contributed by atoms with Crippen LogP contribution in [-0.4, -0.2) is 17.7 Å². The summed E-state index contributed by atoms with van der Waals surface area (Å²) in [5.74, 6) is 0.471. The number of hydrogen-bond acceptors (Lipinski definition) is 3. The van der Waals surface area contributed by atoms with E-state index in [4.69, 9.17) is 0 Å². The minimum Gasteiger partial charge on any atom is -0.508 e. The van der Waals surface area contributed by atoms with Crippen LogP contribution >= 0.6 is 11.3 Å². The van der Waals surface area contributed by atoms with Gasteiger partial charge in [-0.1, -0.05) is 19.1 Å². The van der Waals surface area contributed by atoms with Crippen LogP contribution in [0.25, 0.3) is 0 Å². The van der Waals surface area contributed by atoms with Crippen LogP contribution in [0, 0.1) is 0 Å². The van der Waals surface area contributed by atoms with E-state index in [0.717, 1.165) is 31.4 Å². The van der Waals surface area contributed by atoms with Crippen LogP contribution < -0.4 is 4.90 Å². The third kappa shape index (κ3) is 2.55. The zero-order chi connectivity index (χ0) is 13.9. The van der Waals surface area contributed by atoms with Gasteiger partial charge in [0, 0.05) is 12.6 Å². The number of benzene rings is 1. The Morgan fingerprint density at radius 1 is 1.30 bits per heavy atom. The summed E-state index contributed by atoms with van der Waals surface area (Å²) in [6.45, 7) is 3.35. The van der Waals surface area contributed by atoms with Gasteiger partial charge in [-0.25, -0.2) is 0 Å². The molecule has 1 aromatic heterocycles. The van der Waals surface area contributed by atoms with Crippen LogP contribution in [0.2, 0.25) is 0 Å². The summed E-state index contributed by atoms with van der Waals surface area (Å²) in [6, 6.07) is 10.8. The Morgan fingerprint density at radius 3 is 2.95 bits per heavy atom. The van der Waals surface area contributed by atoms with Crippen LogP contribution in [0.5, 0.6) is 5.75 Å². The molecule has 2 nitrogen and oxygen atoms in total. The Morgan fingerprint density at radius 2 is 2.20 bits per heavy atom. The SMILES string of the molecule is CCCN(c1cccs1)[C@H]1CCc2c(O)cccc2C1. The van der Waals surface area contributed by atoms with Gasteiger partial charge >= 0.3 is 0 Å². The number of hydrogen-bond donors (Lipinski definition) is 1. The topological polar surface area (TPSA) is 23.5 Å². The standard InChI is InChI=1S/C17H21NOS/c1-2-10-18(17-7-4-11-20-17)14-8-9-15-13(12-14)5-3-6-16(15)19/h3-7,11,14,19H,2,8-10,12H2,1H3/t14-/m0/s1. The number of fused-ring (bicyclic) bond motifs is 1. The molecule has 1 heterocycles. The lowest BCUT2D eigenvalue weighted by atomic mass is 9.87. The van der Waals surface area contributed by atoms with Crippen molar-refractivity contribution < 1.29 is 5.11 Å². The summed E-state index contributed by atoms with van der Waals surface area (Å²) in [4.78, 5) is 2.55. The van der Waals surface area contributed by atoms with E-state index in [1.807, 2.05) is 23.5 Å². The van der Waals surface area contributed by atoms with Crippen molar-refractivity contribution in [1.29, 1.82) is 0 Å². The van der Waals surface area contributed by atoms with Crippen LogP contribution in [0.1, 0.15) is 30.9 Å². The maximum Gasteiger partial charge on any atom is 0.119 e. The quantitative estimate of drug-likeness (QED) is 0.909. The molecule has 0 unspecified atom stereocenters. The lowest BCUT2D eigenvalue weighted by molar-refractivity contribution is 0.451. The zero-order valence-corrected chi connectivity index (χ0v) is 12.7. The summed E-state index contributed by atoms with van der Waals surface area (Å²) in [7, 11) is 0. The van der Waals surface area contributed by atoms with Gasteiger partial charge in [-0.2, -0.15) is 0 Å². The second kappa shape index (κ2) is 5.88. The Kier molecular flexibility index (Phi) is 3.97. The first kappa shape index (κ1) is 13.5. The number of anilines is 1. The van der Waals surface area contributed by atoms with Gasteiger partial charge in [-0.15, -0.1) is 11.3 Å². The highest BCUT2D eigenvalue weighted by molar-refractivity contribution is 7.14. The molecule has 1 N–H and O–H groups in total. The number of phenolic OH excluding ortho intramolecular Hbond substituents is 1. The van der Waals surface area contributed by atoms with Crippen molar-refractivity contribution in [2.24, 2.45) is 0 Å². The normalized spacial score (nSPS) is 17.8. The largest absolute Gasteiger partial charge is 0.508 e. The first-order valence-corrected chi connectivity index (χ1v) is 8.27. The summed E-state index contributed by atoms with van der Waals surface area (Å²) < 4.78 is 0. The van der Waals surface area contributed by atoms with E-state index < -0.39 is 0 Å². The highest BCUT2D eigenvalue weighted by atomic mass is 32.1. The van der Waals surface area contributed by atoms with Crippen molar-refractivity contribution in [3.63, 3.8) is 0 Å². The minimum atomic E-state index is 0.471. The second-order valence-corrected chi connectivity index (χ2v) is 6.38. The van der Waals surface area contributed by atoms with Gasteiger partial charge in [0.2, 0.25) is 0 Å². The number of aromatic hydroxyl groups is 1. The smallest absolute Gasteiger partial charge is 0.119 e. The molecular formula is C17H21NOS. The Hall–Kier alpha value is -1.48. The van der Waals surface area contributed by atoms with Crippen LogP contribution in [0.4, 0.5) is 5.00 Å². The third-order valence-corrected chi connectivity index (χ3v) is 5.03. The van der Waals surface area contributed by atoms with E-state index in [1.165, 1.54) is 17.0 Å². The fraction of sp³-hybridized carbons (Fsp3) is 0.412. The van der Waals surface area contributed by atoms with Crippen molar-refractivity contribution in [1.82, 2.24) is 0 Å². The molecule has 0 bridgehead atoms. The van der Waals surface area contributed by atoms with Crippen LogP contribution in [0.15, 0.2) is 35.7 Å². The fourth-order valence-corrected chi connectivity index (χ4v) is 4.01. The molecule has 0 amide bonds. The first-order valence-electron chi connectivity index (χ1n) is 7.39. The molecular weight excluding hydrogens is 266 g/mol. The molecule has 2 aromatic rings. The van der Waals surface area contributed by atoms with Gasteiger partial charge in [0.05, 0.1) is 5.00 Å². The molecule has 3 heteroatoms. The van der Waals surface area contributed by atoms with E-state index in [-0.39, 0.29) is 0 Å². The zero-order valence-electron chi connectivity index (χ0n) is 11.9. The average Bonchev–Trinajstić information content (AvgIpc) is 2.98. The van der Waals surface area contributed by atoms with Crippen molar-refractivity contribution in [3.05, 3.63) is 46.8 Å². The molecule has 1 aromatic carbocycles. The number of thiophene rings is 1. The van der Waals surface area contributed by atoms with E-state index in [1.54, 1.807) is 0 Å². The highest BCUT2D eigenvalue weighted by Crippen LogP contribution is 2.33. The molecule has 106 valence electrons. The van der Waals surface area contributed by atoms with Gasteiger partial charge in [0.15, 0.2) is 0 Å². The molecule has 1 aliphatic rings. The Bertz CT molecular complexity index is 564. The Labute approximate surface area is 124 Å². The van der Waals surface area contributed by atoms with Crippen LogP contribution in [0.3, 0.4) is 0 Å². The predicted molar refractivity (Wildman–Crippen MR) is 85.9 cm³/mol. The van der Waals surface area contributed by atoms with Crippen molar-refractivity contribution in [2.75, 3.05) is 11.4 Å². The van der Waals surface area contributed by atoms with Gasteiger partial charge in [-0.3, -0.25) is 0 Å². The maximum atomic E-state index is 9.96. The van der Waals surface area contributed by atoms with E-state index in [9.17, 15) is 5.11 Å². The molecule has 0 radical (unpaired) electrons. The van der Waals surface area contributed by atoms with E-state index >= 15 is 0 Å². The third-order valence-electron chi connectivity index (χ3n) is 4.13. The molecule has 20 heavy (non-hydrogen) atoms. The molecule has 1 aliphatic carbocycles. The minimum absolute atomic E-state index is 0.471. The molecule has 3 rings (SSSR count). The van der Waals surface area contributed by atoms with Gasteiger partial charge < -0.3 is 10.0 Å². The summed E-state index contributed by atoms with van der Waals surface area (Å²) >= 11 is 1.83. The monoisotopic (exact) mass is 287 g/mol. The lowest BCUT2D eigenvalue weighted by Gasteiger charge is -2.36. The fourth-order valence-electron chi connectivity index (χ4n) is 3.18. The summed E-state index contributed by atoms with van der Waals surface area (Å²) in [5, 5.41) is 13.5. The molecule has 0 fully saturated rings. The molecule has 0 spiro atoms. The number of rotatable bonds is 4. The van der Waals surface area contributed by atoms with E-state index in [2.05, 4.69) is 35.4 Å². The Balaban J connectivity index is 1.84. The van der Waals surface area contributed by atoms with Crippen LogP contribution in [-0.2, 0) is 12.8 Å². The number of phenols is 1. The molecule has 0 saturated heterocycles. The predicted octanol–water partition coefficient (Wildman–Crippen LogP) is 4.23. The van der Waals surface area contributed by atoms with Crippen molar-refractivity contribution in [3.8, 4) is 5.75 Å². The lowest BCUT2D eigenvalue weighted by Crippen LogP contribution is -2.39. The number of nitrogens with zero attached hydrogens (tertiary/aromatic N) is 1. The van der Waals surface area contributed by atoms with E-state index in [0.29, 0.717) is 11.8 Å². The van der Waals surface area contributed by atoms with Gasteiger partial charge in [0.25, 0.3) is 0 Å². The van der Waals surface area contributed by atoms with Crippen molar-refractivity contribution >= 4 is 16.3 Å². The summed E-state index contributed by atoms with van der Waals surface area (Å²) in [6.07, 6.45) is 4.32. The van der Waals surface area contributed by atoms with Gasteiger partial charge in [0.1, 0.15) is 5.75 Å². The molecule has 0 aliphatic heterocycles. The molecule has 0 saturated carbocycles. The van der Waals surface area contributed by atoms with Gasteiger partial charge in [-0.05, 0) is 60.4 Å². The van der Waals surface area contributed by atoms with Crippen molar-refractivity contribution in [2.45, 2.75) is 38.6 Å². The summed E-state index contributed by atoms with van der Waals surface area (Å²) in [5.41, 5.74) is 2.48. The maximum absolute atomic E-state index is 9.96. The average molecular weight is 287 g/mol. The highest BCUT2D eigenvalue weighted by Gasteiger charge is 2.25. The second-order valence-electron chi connectivity index (χ2n) is 5.46. The first-order chi connectivity index (χ1) is 9.79. The molecule has 1 atom stereocenters.